The molecule has 0 radical (unpaired) electrons. The predicted molar refractivity (Wildman–Crippen MR) is 146 cm³/mol. The maximum absolute atomic E-state index is 12.2. The van der Waals surface area contributed by atoms with Gasteiger partial charge in [0.1, 0.15) is 11.2 Å². The molecule has 2 aliphatic rings. The van der Waals surface area contributed by atoms with E-state index in [2.05, 4.69) is 97.6 Å². The summed E-state index contributed by atoms with van der Waals surface area (Å²) in [5.74, 6) is 0.307. The lowest BCUT2D eigenvalue weighted by atomic mass is 9.56. The molecule has 0 saturated heterocycles. The Morgan fingerprint density at radius 3 is 1.18 bits per heavy atom. The number of ether oxygens (including phenoxy) is 1. The van der Waals surface area contributed by atoms with Gasteiger partial charge >= 0.3 is 12.3 Å². The summed E-state index contributed by atoms with van der Waals surface area (Å²) in [4.78, 5) is 45.3. The largest absolute Gasteiger partial charge is 0.553 e. The van der Waals surface area contributed by atoms with Gasteiger partial charge in [0.15, 0.2) is 0 Å². The average molecular weight is 559 g/mol. The monoisotopic (exact) mass is 558 g/mol. The van der Waals surface area contributed by atoms with Crippen molar-refractivity contribution < 1.29 is 44.0 Å². The Labute approximate surface area is 235 Å². The minimum Gasteiger partial charge on any atom is -0.323 e. The van der Waals surface area contributed by atoms with Crippen LogP contribution >= 0.6 is 0 Å². The number of carbonyl (C=O) groups excluding carboxylic acids is 2. The van der Waals surface area contributed by atoms with Gasteiger partial charge in [-0.3, -0.25) is 0 Å². The highest BCUT2D eigenvalue weighted by Gasteiger charge is 2.57. The van der Waals surface area contributed by atoms with Crippen molar-refractivity contribution in [1.82, 2.24) is 0 Å². The van der Waals surface area contributed by atoms with Crippen LogP contribution in [0.3, 0.4) is 0 Å². The normalized spacial score (nSPS) is 29.0. The molecule has 0 aromatic heterocycles. The van der Waals surface area contributed by atoms with E-state index in [1.165, 1.54) is 0 Å². The van der Waals surface area contributed by atoms with E-state index in [-0.39, 0.29) is 33.5 Å². The fourth-order valence-electron chi connectivity index (χ4n) is 7.11. The van der Waals surface area contributed by atoms with Crippen LogP contribution in [0, 0.1) is 33.5 Å². The van der Waals surface area contributed by atoms with E-state index in [0.717, 1.165) is 51.4 Å². The second-order valence-corrected chi connectivity index (χ2v) is 15.7. The Hall–Kier alpha value is -1.42. The van der Waals surface area contributed by atoms with Crippen molar-refractivity contribution in [2.45, 2.75) is 146 Å². The third-order valence-electron chi connectivity index (χ3n) is 9.07. The first-order valence-electron chi connectivity index (χ1n) is 14.5. The van der Waals surface area contributed by atoms with Crippen LogP contribution in [0.1, 0.15) is 134 Å². The van der Waals surface area contributed by atoms with Gasteiger partial charge in [-0.1, -0.05) is 109 Å². The van der Waals surface area contributed by atoms with Crippen molar-refractivity contribution in [2.24, 2.45) is 33.5 Å². The first kappa shape index (κ1) is 33.8. The van der Waals surface area contributed by atoms with Crippen LogP contribution in [-0.4, -0.2) is 23.5 Å². The molecule has 9 heteroatoms. The summed E-state index contributed by atoms with van der Waals surface area (Å²) >= 11 is 0. The Kier molecular flexibility index (Phi) is 10.6. The van der Waals surface area contributed by atoms with Crippen LogP contribution in [0.2, 0.25) is 0 Å². The molecule has 4 unspecified atom stereocenters. The molecule has 0 aromatic rings. The summed E-state index contributed by atoms with van der Waals surface area (Å²) in [6, 6.07) is 0. The van der Waals surface area contributed by atoms with Crippen LogP contribution in [0.5, 0.6) is 0 Å². The molecule has 4 atom stereocenters. The van der Waals surface area contributed by atoms with E-state index in [0.29, 0.717) is 0 Å². The van der Waals surface area contributed by atoms with E-state index in [9.17, 15) is 9.59 Å². The molecule has 0 aromatic carbocycles. The number of hydrogen-bond acceptors (Lipinski definition) is 9. The van der Waals surface area contributed by atoms with E-state index >= 15 is 0 Å². The molecule has 39 heavy (non-hydrogen) atoms. The Morgan fingerprint density at radius 2 is 0.897 bits per heavy atom. The molecule has 0 amide bonds. The first-order valence-corrected chi connectivity index (χ1v) is 14.5. The van der Waals surface area contributed by atoms with E-state index < -0.39 is 23.5 Å². The molecule has 0 spiro atoms. The average Bonchev–Trinajstić information content (AvgIpc) is 2.76. The zero-order valence-corrected chi connectivity index (χ0v) is 26.5. The Bertz CT molecular complexity index is 759. The van der Waals surface area contributed by atoms with Gasteiger partial charge in [-0.15, -0.1) is 0 Å². The topological polar surface area (TPSA) is 98.8 Å². The predicted octanol–water partition coefficient (Wildman–Crippen LogP) is 9.05. The second-order valence-electron chi connectivity index (χ2n) is 15.7. The highest BCUT2D eigenvalue weighted by atomic mass is 17.5. The lowest BCUT2D eigenvalue weighted by Gasteiger charge is -2.54. The summed E-state index contributed by atoms with van der Waals surface area (Å²) in [6.45, 7) is 25.5. The number of hydrogen-bond donors (Lipinski definition) is 0. The zero-order valence-electron chi connectivity index (χ0n) is 26.5. The van der Waals surface area contributed by atoms with Gasteiger partial charge in [-0.25, -0.2) is 9.78 Å². The van der Waals surface area contributed by atoms with Crippen LogP contribution in [-0.2, 0) is 34.4 Å². The fourth-order valence-corrected chi connectivity index (χ4v) is 7.11. The fraction of sp³-hybridized carbons (Fsp3) is 0.933. The van der Waals surface area contributed by atoms with Crippen molar-refractivity contribution in [2.75, 3.05) is 0 Å². The van der Waals surface area contributed by atoms with Crippen molar-refractivity contribution in [3.8, 4) is 0 Å². The maximum atomic E-state index is 12.2. The minimum absolute atomic E-state index is 0.0620. The number of rotatable bonds is 6. The smallest absolute Gasteiger partial charge is 0.323 e. The number of carbonyl (C=O) groups is 2. The minimum atomic E-state index is -1.44. The van der Waals surface area contributed by atoms with Gasteiger partial charge in [-0.2, -0.15) is 19.4 Å². The molecule has 0 heterocycles. The molecule has 9 nitrogen and oxygen atoms in total. The zero-order chi connectivity index (χ0) is 29.9. The molecule has 0 aliphatic heterocycles. The SMILES string of the molecule is CC(C)(C)C1CCCCC1(OOOC(=O)OC(=O)OOOC1(C(C)(C)C)CCCCC1C(C)(C)C)C(C)(C)C. The van der Waals surface area contributed by atoms with Crippen LogP contribution in [0.25, 0.3) is 0 Å². The third-order valence-corrected chi connectivity index (χ3v) is 9.07. The Balaban J connectivity index is 1.95. The second kappa shape index (κ2) is 12.2. The summed E-state index contributed by atoms with van der Waals surface area (Å²) in [6.07, 6.45) is 4.65. The van der Waals surface area contributed by atoms with E-state index in [1.807, 2.05) is 0 Å². The van der Waals surface area contributed by atoms with E-state index in [1.54, 1.807) is 0 Å². The van der Waals surface area contributed by atoms with Crippen LogP contribution in [0.4, 0.5) is 9.59 Å². The Morgan fingerprint density at radius 1 is 0.564 bits per heavy atom. The highest BCUT2D eigenvalue weighted by Crippen LogP contribution is 2.55. The van der Waals surface area contributed by atoms with Gasteiger partial charge in [0.25, 0.3) is 0 Å². The van der Waals surface area contributed by atoms with Crippen molar-refractivity contribution in [3.05, 3.63) is 0 Å². The quantitative estimate of drug-likeness (QED) is 0.137. The molecule has 228 valence electrons. The maximum Gasteiger partial charge on any atom is 0.553 e. The molecule has 0 N–H and O–H groups in total. The third kappa shape index (κ3) is 7.86. The highest BCUT2D eigenvalue weighted by molar-refractivity contribution is 5.76. The molecule has 0 bridgehead atoms. The summed E-state index contributed by atoms with van der Waals surface area (Å²) in [5, 5.41) is 9.90. The van der Waals surface area contributed by atoms with Gasteiger partial charge < -0.3 is 4.74 Å². The molecular weight excluding hydrogens is 504 g/mol. The lowest BCUT2D eigenvalue weighted by Crippen LogP contribution is -2.57. The van der Waals surface area contributed by atoms with Crippen LogP contribution in [0.15, 0.2) is 0 Å². The van der Waals surface area contributed by atoms with Crippen molar-refractivity contribution in [3.63, 3.8) is 0 Å². The van der Waals surface area contributed by atoms with Gasteiger partial charge in [0, 0.05) is 0 Å². The lowest BCUT2D eigenvalue weighted by molar-refractivity contribution is -0.546. The first-order chi connectivity index (χ1) is 17.7. The van der Waals surface area contributed by atoms with Gasteiger partial charge in [0.05, 0.1) is 0 Å². The standard InChI is InChI=1S/C30H54O9/c1-25(2,3)21-17-13-15-19-29(21,27(7,8)9)36-38-34-23(31)33-24(32)35-39-37-30(28(10,11)12)20-16-14-18-22(30)26(4,5)6/h21-22H,13-20H2,1-12H3. The molecule has 2 saturated carbocycles. The molecule has 2 aliphatic carbocycles. The van der Waals surface area contributed by atoms with Crippen molar-refractivity contribution >= 4 is 12.3 Å². The summed E-state index contributed by atoms with van der Waals surface area (Å²) in [7, 11) is 0. The van der Waals surface area contributed by atoms with Crippen LogP contribution < -0.4 is 0 Å². The van der Waals surface area contributed by atoms with Crippen molar-refractivity contribution in [1.29, 1.82) is 0 Å². The summed E-state index contributed by atoms with van der Waals surface area (Å²) in [5.41, 5.74) is -2.15. The van der Waals surface area contributed by atoms with Gasteiger partial charge in [0.2, 0.25) is 0 Å². The van der Waals surface area contributed by atoms with Gasteiger partial charge in [-0.05, 0) is 69.3 Å². The summed E-state index contributed by atoms with van der Waals surface area (Å²) < 4.78 is 4.52. The van der Waals surface area contributed by atoms with E-state index in [4.69, 9.17) is 19.9 Å². The molecule has 2 rings (SSSR count). The molecular formula is C30H54O9. The molecule has 2 fully saturated rings.